The van der Waals surface area contributed by atoms with Crippen molar-refractivity contribution in [2.75, 3.05) is 6.61 Å². The van der Waals surface area contributed by atoms with E-state index >= 15 is 0 Å². The zero-order chi connectivity index (χ0) is 13.9. The van der Waals surface area contributed by atoms with Crippen molar-refractivity contribution >= 4 is 5.97 Å². The van der Waals surface area contributed by atoms with Gasteiger partial charge in [0.05, 0.1) is 6.61 Å². The average Bonchev–Trinajstić information content (AvgIpc) is 2.31. The highest BCUT2D eigenvalue weighted by Gasteiger charge is 2.42. The summed E-state index contributed by atoms with van der Waals surface area (Å²) in [6.45, 7) is 2.26. The van der Waals surface area contributed by atoms with Crippen LogP contribution in [0.25, 0.3) is 0 Å². The molecule has 0 saturated heterocycles. The molecule has 0 aromatic heterocycles. The quantitative estimate of drug-likeness (QED) is 0.845. The fraction of sp³-hybridized carbons (Fsp3) is 0.417. The van der Waals surface area contributed by atoms with Gasteiger partial charge in [-0.05, 0) is 32.0 Å². The van der Waals surface area contributed by atoms with Crippen LogP contribution in [0, 0.1) is 11.6 Å². The topological polar surface area (TPSA) is 46.5 Å². The van der Waals surface area contributed by atoms with Gasteiger partial charge < -0.3 is 9.84 Å². The summed E-state index contributed by atoms with van der Waals surface area (Å²) in [5, 5.41) is 9.87. The number of carbonyl (C=O) groups is 1. The van der Waals surface area contributed by atoms with Gasteiger partial charge in [0.15, 0.2) is 0 Å². The van der Waals surface area contributed by atoms with Crippen LogP contribution in [0.15, 0.2) is 18.2 Å². The Bertz CT molecular complexity index is 446. The van der Waals surface area contributed by atoms with Gasteiger partial charge in [0.25, 0.3) is 0 Å². The Balaban J connectivity index is 3.11. The summed E-state index contributed by atoms with van der Waals surface area (Å²) in [5.41, 5.74) is -3.14. The van der Waals surface area contributed by atoms with Crippen molar-refractivity contribution in [1.82, 2.24) is 0 Å². The molecule has 3 nitrogen and oxygen atoms in total. The van der Waals surface area contributed by atoms with Crippen molar-refractivity contribution in [1.29, 1.82) is 0 Å². The molecule has 0 amide bonds. The van der Waals surface area contributed by atoms with E-state index in [9.17, 15) is 23.1 Å². The number of esters is 1. The van der Waals surface area contributed by atoms with Gasteiger partial charge in [0.2, 0.25) is 6.17 Å². The van der Waals surface area contributed by atoms with E-state index in [0.717, 1.165) is 19.1 Å². The molecular formula is C12H13F3O3. The molecule has 0 radical (unpaired) electrons. The molecule has 6 heteroatoms. The molecule has 0 aliphatic heterocycles. The number of halogens is 3. The smallest absolute Gasteiger partial charge is 0.344 e. The Kier molecular flexibility index (Phi) is 4.34. The van der Waals surface area contributed by atoms with Crippen molar-refractivity contribution < 1.29 is 27.8 Å². The van der Waals surface area contributed by atoms with Crippen molar-refractivity contribution in [2.24, 2.45) is 0 Å². The number of alkyl halides is 1. The van der Waals surface area contributed by atoms with Gasteiger partial charge in [0, 0.05) is 5.56 Å². The van der Waals surface area contributed by atoms with Crippen molar-refractivity contribution in [3.8, 4) is 0 Å². The monoisotopic (exact) mass is 262 g/mol. The molecule has 2 unspecified atom stereocenters. The van der Waals surface area contributed by atoms with Gasteiger partial charge in [-0.2, -0.15) is 0 Å². The summed E-state index contributed by atoms with van der Waals surface area (Å²) >= 11 is 0. The fourth-order valence-corrected chi connectivity index (χ4v) is 1.47. The Morgan fingerprint density at radius 2 is 2.11 bits per heavy atom. The maximum absolute atomic E-state index is 13.7. The highest BCUT2D eigenvalue weighted by atomic mass is 19.1. The second-order valence-electron chi connectivity index (χ2n) is 3.89. The molecule has 1 rings (SSSR count). The molecule has 0 fully saturated rings. The lowest BCUT2D eigenvalue weighted by Gasteiger charge is -2.26. The molecule has 0 saturated carbocycles. The number of ether oxygens (including phenoxy) is 1. The van der Waals surface area contributed by atoms with Crippen LogP contribution in [0.1, 0.15) is 19.4 Å². The third-order valence-electron chi connectivity index (χ3n) is 2.46. The molecule has 0 heterocycles. The van der Waals surface area contributed by atoms with Crippen LogP contribution in [-0.2, 0) is 15.1 Å². The third-order valence-corrected chi connectivity index (χ3v) is 2.46. The van der Waals surface area contributed by atoms with Crippen LogP contribution in [0.5, 0.6) is 0 Å². The van der Waals surface area contributed by atoms with Gasteiger partial charge in [-0.3, -0.25) is 0 Å². The van der Waals surface area contributed by atoms with E-state index in [4.69, 9.17) is 0 Å². The van der Waals surface area contributed by atoms with E-state index in [1.54, 1.807) is 0 Å². The fourth-order valence-electron chi connectivity index (χ4n) is 1.47. The highest BCUT2D eigenvalue weighted by Crippen LogP contribution is 2.30. The van der Waals surface area contributed by atoms with Gasteiger partial charge in [-0.15, -0.1) is 0 Å². The minimum Gasteiger partial charge on any atom is -0.464 e. The molecule has 1 aromatic carbocycles. The summed E-state index contributed by atoms with van der Waals surface area (Å²) in [6, 6.07) is 2.21. The first-order valence-corrected chi connectivity index (χ1v) is 5.29. The largest absolute Gasteiger partial charge is 0.464 e. The molecule has 100 valence electrons. The molecular weight excluding hydrogens is 249 g/mol. The van der Waals surface area contributed by atoms with E-state index in [-0.39, 0.29) is 6.61 Å². The summed E-state index contributed by atoms with van der Waals surface area (Å²) in [4.78, 5) is 11.2. The summed E-state index contributed by atoms with van der Waals surface area (Å²) < 4.78 is 44.5. The third kappa shape index (κ3) is 2.81. The molecule has 0 bridgehead atoms. The van der Waals surface area contributed by atoms with Crippen molar-refractivity contribution in [2.45, 2.75) is 25.6 Å². The van der Waals surface area contributed by atoms with Crippen LogP contribution in [0.2, 0.25) is 0 Å². The lowest BCUT2D eigenvalue weighted by atomic mass is 9.90. The van der Waals surface area contributed by atoms with Gasteiger partial charge >= 0.3 is 5.97 Å². The van der Waals surface area contributed by atoms with E-state index in [1.807, 2.05) is 0 Å². The SMILES string of the molecule is CCOC(=O)C(F)C(C)(O)c1cc(F)ccc1F. The highest BCUT2D eigenvalue weighted by molar-refractivity contribution is 5.76. The number of rotatable bonds is 4. The molecule has 0 aliphatic carbocycles. The zero-order valence-electron chi connectivity index (χ0n) is 9.91. The average molecular weight is 262 g/mol. The van der Waals surface area contributed by atoms with Crippen molar-refractivity contribution in [3.63, 3.8) is 0 Å². The Morgan fingerprint density at radius 3 is 2.67 bits per heavy atom. The Hall–Kier alpha value is -1.56. The molecule has 18 heavy (non-hydrogen) atoms. The predicted molar refractivity (Wildman–Crippen MR) is 57.5 cm³/mol. The summed E-state index contributed by atoms with van der Waals surface area (Å²) in [6.07, 6.45) is -2.51. The standard InChI is InChI=1S/C12H13F3O3/c1-3-18-11(16)10(15)12(2,17)8-6-7(13)4-5-9(8)14/h4-6,10,17H,3H2,1-2H3. The number of benzene rings is 1. The van der Waals surface area contributed by atoms with Gasteiger partial charge in [-0.25, -0.2) is 18.0 Å². The number of hydrogen-bond acceptors (Lipinski definition) is 3. The van der Waals surface area contributed by atoms with E-state index < -0.39 is 34.9 Å². The zero-order valence-corrected chi connectivity index (χ0v) is 9.91. The van der Waals surface area contributed by atoms with Crippen LogP contribution in [0.4, 0.5) is 13.2 Å². The lowest BCUT2D eigenvalue weighted by Crippen LogP contribution is -2.41. The first kappa shape index (κ1) is 14.5. The predicted octanol–water partition coefficient (Wildman–Crippen LogP) is 2.07. The molecule has 1 N–H and O–H groups in total. The molecule has 2 atom stereocenters. The number of carbonyl (C=O) groups excluding carboxylic acids is 1. The number of aliphatic hydroxyl groups is 1. The van der Waals surface area contributed by atoms with E-state index in [1.165, 1.54) is 6.92 Å². The Labute approximate surface area is 102 Å². The molecule has 1 aromatic rings. The first-order valence-electron chi connectivity index (χ1n) is 5.29. The second-order valence-corrected chi connectivity index (χ2v) is 3.89. The maximum Gasteiger partial charge on any atom is 0.344 e. The van der Waals surface area contributed by atoms with Crippen LogP contribution < -0.4 is 0 Å². The van der Waals surface area contributed by atoms with Crippen LogP contribution in [-0.4, -0.2) is 23.9 Å². The first-order chi connectivity index (χ1) is 8.30. The van der Waals surface area contributed by atoms with Crippen LogP contribution in [0.3, 0.4) is 0 Å². The van der Waals surface area contributed by atoms with Crippen molar-refractivity contribution in [3.05, 3.63) is 35.4 Å². The molecule has 0 aliphatic rings. The minimum atomic E-state index is -2.51. The minimum absolute atomic E-state index is 0.0824. The van der Waals surface area contributed by atoms with Gasteiger partial charge in [-0.1, -0.05) is 0 Å². The Morgan fingerprint density at radius 1 is 1.50 bits per heavy atom. The lowest BCUT2D eigenvalue weighted by molar-refractivity contribution is -0.160. The second kappa shape index (κ2) is 5.39. The van der Waals surface area contributed by atoms with E-state index in [0.29, 0.717) is 6.07 Å². The van der Waals surface area contributed by atoms with E-state index in [2.05, 4.69) is 4.74 Å². The summed E-state index contributed by atoms with van der Waals surface area (Å²) in [5.74, 6) is -3.18. The molecule has 0 spiro atoms. The normalized spacial score (nSPS) is 15.9. The maximum atomic E-state index is 13.7. The summed E-state index contributed by atoms with van der Waals surface area (Å²) in [7, 11) is 0. The van der Waals surface area contributed by atoms with Gasteiger partial charge in [0.1, 0.15) is 17.2 Å². The van der Waals surface area contributed by atoms with Crippen LogP contribution >= 0.6 is 0 Å². The number of hydrogen-bond donors (Lipinski definition) is 1.